The molecule has 0 N–H and O–H groups in total. The molecule has 0 bridgehead atoms. The molecule has 2 aromatic rings. The third-order valence-corrected chi connectivity index (χ3v) is 5.05. The lowest BCUT2D eigenvalue weighted by molar-refractivity contribution is 0.104. The Bertz CT molecular complexity index is 677. The van der Waals surface area contributed by atoms with Crippen LogP contribution in [0.3, 0.4) is 0 Å². The molecule has 0 fully saturated rings. The number of benzene rings is 1. The van der Waals surface area contributed by atoms with Crippen molar-refractivity contribution in [2.45, 2.75) is 33.1 Å². The highest BCUT2D eigenvalue weighted by Crippen LogP contribution is 2.38. The lowest BCUT2D eigenvalue weighted by Gasteiger charge is -2.02. The smallest absolute Gasteiger partial charge is 0.202 e. The summed E-state index contributed by atoms with van der Waals surface area (Å²) in [5.41, 5.74) is 5.03. The lowest BCUT2D eigenvalue weighted by Crippen LogP contribution is -1.97. The van der Waals surface area contributed by atoms with E-state index in [2.05, 4.69) is 19.9 Å². The van der Waals surface area contributed by atoms with Gasteiger partial charge in [0.1, 0.15) is 0 Å². The van der Waals surface area contributed by atoms with Gasteiger partial charge < -0.3 is 0 Å². The Balaban J connectivity index is 1.97. The second kappa shape index (κ2) is 5.37. The van der Waals surface area contributed by atoms with E-state index in [0.29, 0.717) is 0 Å². The Morgan fingerprint density at radius 2 is 1.85 bits per heavy atom. The summed E-state index contributed by atoms with van der Waals surface area (Å²) in [7, 11) is 0. The zero-order valence-corrected chi connectivity index (χ0v) is 12.7. The highest BCUT2D eigenvalue weighted by molar-refractivity contribution is 7.14. The molecule has 1 aliphatic rings. The second-order valence-electron chi connectivity index (χ2n) is 5.39. The first-order chi connectivity index (χ1) is 9.66. The Hall–Kier alpha value is -1.67. The molecule has 0 saturated heterocycles. The Kier molecular flexibility index (Phi) is 3.58. The SMILES string of the molecule is CC1=C(c2cc(C(=O)c3ccccc3)sc2C)CCC1. The third-order valence-electron chi connectivity index (χ3n) is 4.00. The number of hydrogen-bond donors (Lipinski definition) is 0. The van der Waals surface area contributed by atoms with Crippen molar-refractivity contribution in [1.29, 1.82) is 0 Å². The molecule has 0 saturated carbocycles. The molecule has 1 aromatic carbocycles. The van der Waals surface area contributed by atoms with Crippen molar-refractivity contribution in [3.63, 3.8) is 0 Å². The topological polar surface area (TPSA) is 17.1 Å². The summed E-state index contributed by atoms with van der Waals surface area (Å²) in [5, 5.41) is 0. The van der Waals surface area contributed by atoms with Gasteiger partial charge in [0.05, 0.1) is 4.88 Å². The molecule has 0 spiro atoms. The molecule has 0 amide bonds. The van der Waals surface area contributed by atoms with Gasteiger partial charge in [0.15, 0.2) is 0 Å². The van der Waals surface area contributed by atoms with E-state index in [4.69, 9.17) is 0 Å². The highest BCUT2D eigenvalue weighted by atomic mass is 32.1. The molecule has 0 aliphatic heterocycles. The normalized spacial score (nSPS) is 14.9. The molecule has 0 atom stereocenters. The number of hydrogen-bond acceptors (Lipinski definition) is 2. The largest absolute Gasteiger partial charge is 0.288 e. The summed E-state index contributed by atoms with van der Waals surface area (Å²) < 4.78 is 0. The molecule has 1 nitrogen and oxygen atoms in total. The fourth-order valence-electron chi connectivity index (χ4n) is 2.88. The van der Waals surface area contributed by atoms with Crippen LogP contribution in [-0.2, 0) is 0 Å². The van der Waals surface area contributed by atoms with Crippen molar-refractivity contribution in [1.82, 2.24) is 0 Å². The van der Waals surface area contributed by atoms with Crippen molar-refractivity contribution in [3.05, 3.63) is 62.9 Å². The zero-order valence-electron chi connectivity index (χ0n) is 11.9. The number of aryl methyl sites for hydroxylation is 1. The number of ketones is 1. The van der Waals surface area contributed by atoms with E-state index in [1.807, 2.05) is 30.3 Å². The van der Waals surface area contributed by atoms with Gasteiger partial charge in [-0.1, -0.05) is 35.9 Å². The van der Waals surface area contributed by atoms with Gasteiger partial charge in [-0.25, -0.2) is 0 Å². The van der Waals surface area contributed by atoms with Gasteiger partial charge in [0.25, 0.3) is 0 Å². The van der Waals surface area contributed by atoms with E-state index < -0.39 is 0 Å². The van der Waals surface area contributed by atoms with Crippen LogP contribution in [0.5, 0.6) is 0 Å². The molecular weight excluding hydrogens is 264 g/mol. The van der Waals surface area contributed by atoms with E-state index in [1.54, 1.807) is 11.3 Å². The standard InChI is InChI=1S/C18H18OS/c1-12-7-6-10-15(12)16-11-17(20-13(16)2)18(19)14-8-4-3-5-9-14/h3-5,8-9,11H,6-7,10H2,1-2H3. The molecular formula is C18H18OS. The summed E-state index contributed by atoms with van der Waals surface area (Å²) >= 11 is 1.62. The molecule has 0 unspecified atom stereocenters. The van der Waals surface area contributed by atoms with E-state index in [9.17, 15) is 4.79 Å². The molecule has 102 valence electrons. The van der Waals surface area contributed by atoms with Crippen LogP contribution in [0.2, 0.25) is 0 Å². The average Bonchev–Trinajstić information content (AvgIpc) is 3.05. The van der Waals surface area contributed by atoms with Crippen LogP contribution in [0.1, 0.15) is 51.9 Å². The predicted octanol–water partition coefficient (Wildman–Crippen LogP) is 5.24. The fourth-order valence-corrected chi connectivity index (χ4v) is 3.89. The van der Waals surface area contributed by atoms with E-state index >= 15 is 0 Å². The van der Waals surface area contributed by atoms with Crippen LogP contribution in [0.4, 0.5) is 0 Å². The van der Waals surface area contributed by atoms with Crippen LogP contribution in [0.15, 0.2) is 42.0 Å². The minimum absolute atomic E-state index is 0.140. The second-order valence-corrected chi connectivity index (χ2v) is 6.64. The molecule has 1 aromatic heterocycles. The first-order valence-electron chi connectivity index (χ1n) is 7.06. The molecule has 20 heavy (non-hydrogen) atoms. The Morgan fingerprint density at radius 3 is 2.50 bits per heavy atom. The van der Waals surface area contributed by atoms with E-state index in [-0.39, 0.29) is 5.78 Å². The van der Waals surface area contributed by atoms with Crippen molar-refractivity contribution in [3.8, 4) is 0 Å². The van der Waals surface area contributed by atoms with E-state index in [0.717, 1.165) is 16.9 Å². The van der Waals surface area contributed by atoms with Gasteiger partial charge in [0.2, 0.25) is 5.78 Å². The highest BCUT2D eigenvalue weighted by Gasteiger charge is 2.19. The molecule has 0 radical (unpaired) electrons. The summed E-state index contributed by atoms with van der Waals surface area (Å²) in [5.74, 6) is 0.140. The van der Waals surface area contributed by atoms with Gasteiger partial charge in [-0.15, -0.1) is 11.3 Å². The monoisotopic (exact) mass is 282 g/mol. The summed E-state index contributed by atoms with van der Waals surface area (Å²) in [6, 6.07) is 11.6. The summed E-state index contributed by atoms with van der Waals surface area (Å²) in [6.07, 6.45) is 3.60. The van der Waals surface area contributed by atoms with Gasteiger partial charge in [0, 0.05) is 10.4 Å². The number of carbonyl (C=O) groups is 1. The maximum Gasteiger partial charge on any atom is 0.202 e. The van der Waals surface area contributed by atoms with Gasteiger partial charge in [-0.2, -0.15) is 0 Å². The van der Waals surface area contributed by atoms with Crippen molar-refractivity contribution in [2.24, 2.45) is 0 Å². The molecule has 2 heteroatoms. The first kappa shape index (κ1) is 13.3. The Morgan fingerprint density at radius 1 is 1.10 bits per heavy atom. The quantitative estimate of drug-likeness (QED) is 0.703. The minimum Gasteiger partial charge on any atom is -0.288 e. The van der Waals surface area contributed by atoms with E-state index in [1.165, 1.54) is 34.4 Å². The van der Waals surface area contributed by atoms with Crippen LogP contribution >= 0.6 is 11.3 Å². The van der Waals surface area contributed by atoms with Crippen molar-refractivity contribution < 1.29 is 4.79 Å². The third kappa shape index (κ3) is 2.36. The Labute approximate surface area is 124 Å². The van der Waals surface area contributed by atoms with Crippen LogP contribution in [-0.4, -0.2) is 5.78 Å². The van der Waals surface area contributed by atoms with Crippen LogP contribution in [0, 0.1) is 6.92 Å². The summed E-state index contributed by atoms with van der Waals surface area (Å²) in [4.78, 5) is 14.6. The van der Waals surface area contributed by atoms with Crippen LogP contribution in [0.25, 0.3) is 5.57 Å². The predicted molar refractivity (Wildman–Crippen MR) is 85.4 cm³/mol. The first-order valence-corrected chi connectivity index (χ1v) is 7.87. The van der Waals surface area contributed by atoms with Gasteiger partial charge in [-0.3, -0.25) is 4.79 Å². The van der Waals surface area contributed by atoms with Crippen LogP contribution < -0.4 is 0 Å². The maximum atomic E-state index is 12.5. The number of carbonyl (C=O) groups excluding carboxylic acids is 1. The molecule has 3 rings (SSSR count). The number of allylic oxidation sites excluding steroid dienone is 2. The zero-order chi connectivity index (χ0) is 14.1. The van der Waals surface area contributed by atoms with Crippen molar-refractivity contribution >= 4 is 22.7 Å². The van der Waals surface area contributed by atoms with Gasteiger partial charge in [-0.05, 0) is 50.3 Å². The number of rotatable bonds is 3. The summed E-state index contributed by atoms with van der Waals surface area (Å²) in [6.45, 7) is 4.35. The van der Waals surface area contributed by atoms with Gasteiger partial charge >= 0.3 is 0 Å². The average molecular weight is 282 g/mol. The molecule has 1 aliphatic carbocycles. The fraction of sp³-hybridized carbons (Fsp3) is 0.278. The lowest BCUT2D eigenvalue weighted by atomic mass is 10.0. The molecule has 1 heterocycles. The number of thiophene rings is 1. The van der Waals surface area contributed by atoms with Crippen molar-refractivity contribution in [2.75, 3.05) is 0 Å². The maximum absolute atomic E-state index is 12.5. The minimum atomic E-state index is 0.140.